The second-order valence-electron chi connectivity index (χ2n) is 10.1. The summed E-state index contributed by atoms with van der Waals surface area (Å²) in [6, 6.07) is 16.6. The standard InChI is InChI=1S/C30H43N3O7S/c1-3-38-28(39-4-2)21-33(20-24-14-8-5-9-15-24)30(35)29(26-18-12-7-13-19-26)31-27(34)22-40-32-41(36,37)23-25-16-10-6-11-17-25/h6-7,10-13,16-19,24,28-29,32H,3-5,8-9,14-15,20-23H2,1-2H3,(H,31,34). The van der Waals surface area contributed by atoms with Gasteiger partial charge in [-0.2, -0.15) is 0 Å². The molecule has 2 aromatic carbocycles. The number of carbonyl (C=O) groups excluding carboxylic acids is 2. The molecule has 226 valence electrons. The average molecular weight is 590 g/mol. The largest absolute Gasteiger partial charge is 0.351 e. The van der Waals surface area contributed by atoms with E-state index in [1.165, 1.54) is 6.42 Å². The van der Waals surface area contributed by atoms with Crippen molar-refractivity contribution in [3.8, 4) is 0 Å². The summed E-state index contributed by atoms with van der Waals surface area (Å²) < 4.78 is 36.3. The number of ether oxygens (including phenoxy) is 2. The Morgan fingerprint density at radius 1 is 0.927 bits per heavy atom. The number of amides is 2. The van der Waals surface area contributed by atoms with E-state index in [4.69, 9.17) is 14.3 Å². The van der Waals surface area contributed by atoms with Crippen molar-refractivity contribution in [1.29, 1.82) is 0 Å². The summed E-state index contributed by atoms with van der Waals surface area (Å²) in [6.45, 7) is 4.78. The van der Waals surface area contributed by atoms with Crippen molar-refractivity contribution in [2.24, 2.45) is 5.92 Å². The van der Waals surface area contributed by atoms with Crippen molar-refractivity contribution in [3.05, 3.63) is 71.8 Å². The lowest BCUT2D eigenvalue weighted by atomic mass is 9.88. The summed E-state index contributed by atoms with van der Waals surface area (Å²) in [5.74, 6) is -0.869. The van der Waals surface area contributed by atoms with Crippen LogP contribution in [0.4, 0.5) is 0 Å². The Balaban J connectivity index is 1.71. The van der Waals surface area contributed by atoms with Crippen LogP contribution in [0.3, 0.4) is 0 Å². The van der Waals surface area contributed by atoms with Gasteiger partial charge in [0.25, 0.3) is 0 Å². The lowest BCUT2D eigenvalue weighted by Gasteiger charge is -2.34. The molecule has 1 fully saturated rings. The number of benzene rings is 2. The Morgan fingerprint density at radius 2 is 1.54 bits per heavy atom. The molecule has 1 unspecified atom stereocenters. The van der Waals surface area contributed by atoms with Crippen molar-refractivity contribution in [1.82, 2.24) is 15.1 Å². The molecule has 1 aliphatic carbocycles. The van der Waals surface area contributed by atoms with Gasteiger partial charge in [-0.3, -0.25) is 14.4 Å². The fourth-order valence-electron chi connectivity index (χ4n) is 4.97. The van der Waals surface area contributed by atoms with Crippen LogP contribution in [0.2, 0.25) is 0 Å². The minimum atomic E-state index is -3.84. The van der Waals surface area contributed by atoms with Gasteiger partial charge < -0.3 is 19.7 Å². The number of hydrogen-bond acceptors (Lipinski definition) is 7. The molecule has 0 saturated heterocycles. The summed E-state index contributed by atoms with van der Waals surface area (Å²) in [6.07, 6.45) is 4.94. The molecule has 11 heteroatoms. The minimum Gasteiger partial charge on any atom is -0.351 e. The van der Waals surface area contributed by atoms with Crippen LogP contribution >= 0.6 is 0 Å². The Bertz CT molecular complexity index is 1150. The Hall–Kier alpha value is -2.83. The van der Waals surface area contributed by atoms with E-state index in [0.717, 1.165) is 25.7 Å². The maximum Gasteiger partial charge on any atom is 0.249 e. The van der Waals surface area contributed by atoms with Crippen LogP contribution in [-0.4, -0.2) is 64.3 Å². The van der Waals surface area contributed by atoms with E-state index in [1.54, 1.807) is 59.5 Å². The second-order valence-corrected chi connectivity index (χ2v) is 11.8. The van der Waals surface area contributed by atoms with Crippen LogP contribution in [0.1, 0.15) is 63.1 Å². The van der Waals surface area contributed by atoms with Gasteiger partial charge in [-0.05, 0) is 43.7 Å². The normalized spacial score (nSPS) is 15.0. The molecule has 10 nitrogen and oxygen atoms in total. The molecule has 0 heterocycles. The molecular weight excluding hydrogens is 546 g/mol. The van der Waals surface area contributed by atoms with Crippen LogP contribution in [-0.2, 0) is 39.7 Å². The number of hydrogen-bond donors (Lipinski definition) is 2. The minimum absolute atomic E-state index is 0.228. The maximum absolute atomic E-state index is 14.1. The first-order valence-electron chi connectivity index (χ1n) is 14.3. The molecule has 2 aromatic rings. The van der Waals surface area contributed by atoms with Gasteiger partial charge in [-0.1, -0.05) is 84.8 Å². The summed E-state index contributed by atoms with van der Waals surface area (Å²) in [7, 11) is -3.84. The van der Waals surface area contributed by atoms with Gasteiger partial charge in [0, 0.05) is 19.8 Å². The quantitative estimate of drug-likeness (QED) is 0.213. The van der Waals surface area contributed by atoms with Crippen LogP contribution in [0.5, 0.6) is 0 Å². The predicted molar refractivity (Wildman–Crippen MR) is 156 cm³/mol. The fraction of sp³-hybridized carbons (Fsp3) is 0.533. The third-order valence-electron chi connectivity index (χ3n) is 6.86. The Labute approximate surface area is 243 Å². The summed E-state index contributed by atoms with van der Waals surface area (Å²) in [4.78, 5) is 35.8. The maximum atomic E-state index is 14.1. The van der Waals surface area contributed by atoms with E-state index in [-0.39, 0.29) is 18.2 Å². The SMILES string of the molecule is CCOC(CN(CC1CCCCC1)C(=O)C(NC(=O)CONS(=O)(=O)Cc1ccccc1)c1ccccc1)OCC. The number of sulfonamides is 1. The fourth-order valence-corrected chi connectivity index (χ4v) is 5.90. The van der Waals surface area contributed by atoms with Gasteiger partial charge in [-0.25, -0.2) is 8.42 Å². The molecule has 1 atom stereocenters. The number of nitrogens with one attached hydrogen (secondary N) is 2. The molecule has 0 aromatic heterocycles. The van der Waals surface area contributed by atoms with E-state index in [0.29, 0.717) is 36.8 Å². The highest BCUT2D eigenvalue weighted by Crippen LogP contribution is 2.26. The van der Waals surface area contributed by atoms with Gasteiger partial charge in [0.05, 0.1) is 12.3 Å². The first-order valence-corrected chi connectivity index (χ1v) is 16.0. The van der Waals surface area contributed by atoms with Gasteiger partial charge in [0.2, 0.25) is 21.8 Å². The predicted octanol–water partition coefficient (Wildman–Crippen LogP) is 3.70. The molecule has 0 spiro atoms. The highest BCUT2D eigenvalue weighted by Gasteiger charge is 2.31. The molecule has 2 N–H and O–H groups in total. The molecule has 1 saturated carbocycles. The van der Waals surface area contributed by atoms with Crippen molar-refractivity contribution >= 4 is 21.8 Å². The van der Waals surface area contributed by atoms with Gasteiger partial charge in [0.1, 0.15) is 12.6 Å². The van der Waals surface area contributed by atoms with E-state index in [2.05, 4.69) is 5.32 Å². The van der Waals surface area contributed by atoms with Crippen molar-refractivity contribution in [2.75, 3.05) is 32.9 Å². The van der Waals surface area contributed by atoms with E-state index in [1.807, 2.05) is 24.8 Å². The highest BCUT2D eigenvalue weighted by molar-refractivity contribution is 7.88. The zero-order valence-corrected chi connectivity index (χ0v) is 24.8. The lowest BCUT2D eigenvalue weighted by Crippen LogP contribution is -2.49. The third-order valence-corrected chi connectivity index (χ3v) is 7.95. The molecule has 0 aliphatic heterocycles. The van der Waals surface area contributed by atoms with Crippen LogP contribution in [0, 0.1) is 5.92 Å². The van der Waals surface area contributed by atoms with E-state index < -0.39 is 34.9 Å². The molecule has 3 rings (SSSR count). The molecular formula is C30H43N3O7S. The number of rotatable bonds is 17. The zero-order valence-electron chi connectivity index (χ0n) is 24.0. The summed E-state index contributed by atoms with van der Waals surface area (Å²) >= 11 is 0. The summed E-state index contributed by atoms with van der Waals surface area (Å²) in [5.41, 5.74) is 1.19. The molecule has 1 aliphatic rings. The molecule has 0 radical (unpaired) electrons. The zero-order chi connectivity index (χ0) is 29.5. The number of carbonyl (C=O) groups is 2. The molecule has 0 bridgehead atoms. The first kappa shape index (κ1) is 32.7. The van der Waals surface area contributed by atoms with Gasteiger partial charge >= 0.3 is 0 Å². The number of nitrogens with zero attached hydrogens (tertiary/aromatic N) is 1. The first-order chi connectivity index (χ1) is 19.8. The molecule has 41 heavy (non-hydrogen) atoms. The van der Waals surface area contributed by atoms with Crippen molar-refractivity contribution in [2.45, 2.75) is 64.0 Å². The Morgan fingerprint density at radius 3 is 2.15 bits per heavy atom. The van der Waals surface area contributed by atoms with Gasteiger partial charge in [0.15, 0.2) is 6.29 Å². The van der Waals surface area contributed by atoms with E-state index in [9.17, 15) is 18.0 Å². The van der Waals surface area contributed by atoms with Crippen LogP contribution in [0.25, 0.3) is 0 Å². The lowest BCUT2D eigenvalue weighted by molar-refractivity contribution is -0.161. The van der Waals surface area contributed by atoms with Crippen molar-refractivity contribution < 1.29 is 32.3 Å². The van der Waals surface area contributed by atoms with Crippen molar-refractivity contribution in [3.63, 3.8) is 0 Å². The third kappa shape index (κ3) is 11.5. The topological polar surface area (TPSA) is 123 Å². The van der Waals surface area contributed by atoms with Gasteiger partial charge in [-0.15, -0.1) is 0 Å². The van der Waals surface area contributed by atoms with E-state index >= 15 is 0 Å². The molecule has 2 amide bonds. The second kappa shape index (κ2) is 17.2. The van der Waals surface area contributed by atoms with Crippen LogP contribution in [0.15, 0.2) is 60.7 Å². The average Bonchev–Trinajstić information content (AvgIpc) is 2.96. The highest BCUT2D eigenvalue weighted by atomic mass is 32.2. The Kier molecular flexibility index (Phi) is 13.7. The summed E-state index contributed by atoms with van der Waals surface area (Å²) in [5, 5.41) is 2.75. The monoisotopic (exact) mass is 589 g/mol. The van der Waals surface area contributed by atoms with Crippen LogP contribution < -0.4 is 10.2 Å². The smallest absolute Gasteiger partial charge is 0.249 e.